The van der Waals surface area contributed by atoms with E-state index in [0.717, 1.165) is 21.2 Å². The molecule has 3 nitrogen and oxygen atoms in total. The number of benzene rings is 3. The van der Waals surface area contributed by atoms with E-state index in [0.29, 0.717) is 17.0 Å². The maximum atomic E-state index is 12.8. The third kappa shape index (κ3) is 2.92. The first-order valence-corrected chi connectivity index (χ1v) is 9.84. The van der Waals surface area contributed by atoms with Gasteiger partial charge in [0.15, 0.2) is 5.43 Å². The van der Waals surface area contributed by atoms with Gasteiger partial charge in [-0.1, -0.05) is 42.5 Å². The molecule has 1 aliphatic carbocycles. The van der Waals surface area contributed by atoms with Crippen LogP contribution >= 0.6 is 11.3 Å². The average molecular weight is 371 g/mol. The SMILES string of the molecule is O=C(Nc1ccc2sc3ccccc3c(=O)c2c1)[C@H]1C[C@H]1c1ccccc1. The lowest BCUT2D eigenvalue weighted by atomic mass is 10.1. The van der Waals surface area contributed by atoms with E-state index in [1.807, 2.05) is 54.6 Å². The molecule has 0 aliphatic heterocycles. The molecule has 5 rings (SSSR count). The second kappa shape index (κ2) is 6.32. The van der Waals surface area contributed by atoms with Gasteiger partial charge in [0.1, 0.15) is 0 Å². The Hall–Kier alpha value is -2.98. The molecular formula is C23H17NO2S. The summed E-state index contributed by atoms with van der Waals surface area (Å²) in [5, 5.41) is 4.38. The summed E-state index contributed by atoms with van der Waals surface area (Å²) in [5.74, 6) is 0.335. The molecule has 0 spiro atoms. The van der Waals surface area contributed by atoms with E-state index in [9.17, 15) is 9.59 Å². The van der Waals surface area contributed by atoms with Crippen LogP contribution < -0.4 is 10.7 Å². The van der Waals surface area contributed by atoms with Crippen LogP contribution in [-0.4, -0.2) is 5.91 Å². The molecule has 4 aromatic rings. The first kappa shape index (κ1) is 16.2. The highest BCUT2D eigenvalue weighted by molar-refractivity contribution is 7.24. The summed E-state index contributed by atoms with van der Waals surface area (Å²) in [6, 6.07) is 23.4. The molecule has 0 radical (unpaired) electrons. The highest BCUT2D eigenvalue weighted by atomic mass is 32.1. The lowest BCUT2D eigenvalue weighted by Gasteiger charge is -2.07. The predicted molar refractivity (Wildman–Crippen MR) is 112 cm³/mol. The summed E-state index contributed by atoms with van der Waals surface area (Å²) >= 11 is 1.60. The number of nitrogens with one attached hydrogen (secondary N) is 1. The summed E-state index contributed by atoms with van der Waals surface area (Å²) in [6.07, 6.45) is 0.878. The lowest BCUT2D eigenvalue weighted by molar-refractivity contribution is -0.117. The number of anilines is 1. The molecule has 132 valence electrons. The molecule has 1 saturated carbocycles. The summed E-state index contributed by atoms with van der Waals surface area (Å²) in [7, 11) is 0. The third-order valence-corrected chi connectivity index (χ3v) is 6.35. The molecule has 0 saturated heterocycles. The van der Waals surface area contributed by atoms with E-state index in [2.05, 4.69) is 17.4 Å². The molecule has 1 heterocycles. The molecule has 1 fully saturated rings. The Balaban J connectivity index is 1.42. The maximum Gasteiger partial charge on any atom is 0.228 e. The Kier molecular flexibility index (Phi) is 3.80. The van der Waals surface area contributed by atoms with Gasteiger partial charge in [-0.3, -0.25) is 9.59 Å². The fourth-order valence-electron chi connectivity index (χ4n) is 3.67. The maximum absolute atomic E-state index is 12.8. The number of carbonyl (C=O) groups is 1. The molecule has 1 aliphatic rings. The second-order valence-electron chi connectivity index (χ2n) is 6.99. The van der Waals surface area contributed by atoms with Crippen LogP contribution in [0.15, 0.2) is 77.6 Å². The van der Waals surface area contributed by atoms with Crippen LogP contribution in [0.4, 0.5) is 5.69 Å². The Labute approximate surface area is 160 Å². The quantitative estimate of drug-likeness (QED) is 0.506. The molecular weight excluding hydrogens is 354 g/mol. The highest BCUT2D eigenvalue weighted by Crippen LogP contribution is 2.47. The minimum Gasteiger partial charge on any atom is -0.326 e. The highest BCUT2D eigenvalue weighted by Gasteiger charge is 2.43. The van der Waals surface area contributed by atoms with Gasteiger partial charge in [0.25, 0.3) is 0 Å². The van der Waals surface area contributed by atoms with Crippen LogP contribution in [-0.2, 0) is 4.79 Å². The largest absolute Gasteiger partial charge is 0.326 e. The van der Waals surface area contributed by atoms with E-state index >= 15 is 0 Å². The third-order valence-electron chi connectivity index (χ3n) is 5.20. The van der Waals surface area contributed by atoms with Gasteiger partial charge in [-0.15, -0.1) is 11.3 Å². The first-order chi connectivity index (χ1) is 13.2. The van der Waals surface area contributed by atoms with Crippen molar-refractivity contribution in [3.63, 3.8) is 0 Å². The van der Waals surface area contributed by atoms with Gasteiger partial charge >= 0.3 is 0 Å². The molecule has 3 aromatic carbocycles. The van der Waals surface area contributed by atoms with Crippen LogP contribution in [0.25, 0.3) is 20.2 Å². The second-order valence-corrected chi connectivity index (χ2v) is 8.07. The molecule has 2 atom stereocenters. The fraction of sp³-hybridized carbons (Fsp3) is 0.130. The van der Waals surface area contributed by atoms with Crippen LogP contribution in [0.5, 0.6) is 0 Å². The van der Waals surface area contributed by atoms with E-state index in [1.54, 1.807) is 17.4 Å². The van der Waals surface area contributed by atoms with E-state index in [4.69, 9.17) is 0 Å². The molecule has 27 heavy (non-hydrogen) atoms. The summed E-state index contributed by atoms with van der Waals surface area (Å²) < 4.78 is 1.92. The van der Waals surface area contributed by atoms with Crippen molar-refractivity contribution in [2.45, 2.75) is 12.3 Å². The minimum atomic E-state index is 0.00855. The van der Waals surface area contributed by atoms with Gasteiger partial charge in [-0.25, -0.2) is 0 Å². The number of carbonyl (C=O) groups excluding carboxylic acids is 1. The Morgan fingerprint density at radius 1 is 0.889 bits per heavy atom. The number of hydrogen-bond acceptors (Lipinski definition) is 3. The van der Waals surface area contributed by atoms with Gasteiger partial charge in [0.2, 0.25) is 5.91 Å². The number of fused-ring (bicyclic) bond motifs is 2. The van der Waals surface area contributed by atoms with E-state index in [1.165, 1.54) is 5.56 Å². The average Bonchev–Trinajstić information content (AvgIpc) is 3.51. The van der Waals surface area contributed by atoms with E-state index in [-0.39, 0.29) is 17.3 Å². The Morgan fingerprint density at radius 2 is 1.63 bits per heavy atom. The molecule has 0 unspecified atom stereocenters. The summed E-state index contributed by atoms with van der Waals surface area (Å²) in [6.45, 7) is 0. The van der Waals surface area contributed by atoms with Crippen molar-refractivity contribution in [1.82, 2.24) is 0 Å². The fourth-order valence-corrected chi connectivity index (χ4v) is 4.72. The predicted octanol–water partition coefficient (Wildman–Crippen LogP) is 5.16. The zero-order valence-electron chi connectivity index (χ0n) is 14.5. The van der Waals surface area contributed by atoms with Crippen molar-refractivity contribution in [2.75, 3.05) is 5.32 Å². The van der Waals surface area contributed by atoms with Crippen molar-refractivity contribution in [2.24, 2.45) is 5.92 Å². The zero-order chi connectivity index (χ0) is 18.4. The van der Waals surface area contributed by atoms with Gasteiger partial charge < -0.3 is 5.32 Å². The number of hydrogen-bond donors (Lipinski definition) is 1. The summed E-state index contributed by atoms with van der Waals surface area (Å²) in [5.41, 5.74) is 1.92. The van der Waals surface area contributed by atoms with Crippen LogP contribution in [0.3, 0.4) is 0 Å². The van der Waals surface area contributed by atoms with Gasteiger partial charge in [0.05, 0.1) is 0 Å². The topological polar surface area (TPSA) is 46.2 Å². The van der Waals surface area contributed by atoms with Gasteiger partial charge in [-0.05, 0) is 48.2 Å². The zero-order valence-corrected chi connectivity index (χ0v) is 15.3. The van der Waals surface area contributed by atoms with Crippen molar-refractivity contribution in [1.29, 1.82) is 0 Å². The van der Waals surface area contributed by atoms with Crippen LogP contribution in [0.2, 0.25) is 0 Å². The minimum absolute atomic E-state index is 0.00855. The van der Waals surface area contributed by atoms with Gasteiger partial charge in [0, 0.05) is 31.8 Å². The molecule has 0 bridgehead atoms. The molecule has 1 N–H and O–H groups in total. The van der Waals surface area contributed by atoms with Crippen molar-refractivity contribution in [3.8, 4) is 0 Å². The van der Waals surface area contributed by atoms with E-state index < -0.39 is 0 Å². The molecule has 4 heteroatoms. The Bertz CT molecular complexity index is 1230. The smallest absolute Gasteiger partial charge is 0.228 e. The molecule has 1 amide bonds. The van der Waals surface area contributed by atoms with Crippen molar-refractivity contribution in [3.05, 3.63) is 88.6 Å². The number of rotatable bonds is 3. The Morgan fingerprint density at radius 3 is 2.48 bits per heavy atom. The van der Waals surface area contributed by atoms with Crippen molar-refractivity contribution >= 4 is 43.1 Å². The normalized spacial score (nSPS) is 18.5. The number of amides is 1. The first-order valence-electron chi connectivity index (χ1n) is 9.02. The standard InChI is InChI=1S/C23H17NO2S/c25-22-16-8-4-5-9-20(16)27-21-11-10-15(12-19(21)22)24-23(26)18-13-17(18)14-6-2-1-3-7-14/h1-12,17-18H,13H2,(H,24,26)/t17-,18-/m0/s1. The lowest BCUT2D eigenvalue weighted by Crippen LogP contribution is -2.14. The van der Waals surface area contributed by atoms with Gasteiger partial charge in [-0.2, -0.15) is 0 Å². The van der Waals surface area contributed by atoms with Crippen LogP contribution in [0.1, 0.15) is 17.9 Å². The van der Waals surface area contributed by atoms with Crippen LogP contribution in [0, 0.1) is 5.92 Å². The summed E-state index contributed by atoms with van der Waals surface area (Å²) in [4.78, 5) is 25.4. The molecule has 1 aromatic heterocycles. The van der Waals surface area contributed by atoms with Crippen molar-refractivity contribution < 1.29 is 4.79 Å². The monoisotopic (exact) mass is 371 g/mol.